The minimum atomic E-state index is -0.0365. The van der Waals surface area contributed by atoms with Crippen molar-refractivity contribution in [3.63, 3.8) is 0 Å². The maximum Gasteiger partial charge on any atom is 0.209 e. The van der Waals surface area contributed by atoms with Crippen molar-refractivity contribution < 1.29 is 4.58 Å². The number of fused-ring (bicyclic) bond motifs is 6. The Balaban J connectivity index is 1.46. The van der Waals surface area contributed by atoms with E-state index in [2.05, 4.69) is 134 Å². The standard InChI is InChI=1S/C31H26N2/c1-31(2)27-14-8-9-15-29(27)33(3)30(31)18-19-32-28-20-26-22-11-5-4-10-21(22)16-17-24(26)23-12-6-7-13-25(23)28/h4-20H,1-3H3/p+1. The summed E-state index contributed by atoms with van der Waals surface area (Å²) >= 11 is 0. The van der Waals surface area contributed by atoms with Crippen LogP contribution in [0.1, 0.15) is 19.4 Å². The topological polar surface area (TPSA) is 15.0 Å². The summed E-state index contributed by atoms with van der Waals surface area (Å²) in [6.07, 6.45) is 4.32. The van der Waals surface area contributed by atoms with Crippen molar-refractivity contribution in [3.05, 3.63) is 109 Å². The van der Waals surface area contributed by atoms with E-state index in [9.17, 15) is 0 Å². The molecule has 0 saturated carbocycles. The molecular formula is C31H27N2+. The zero-order valence-electron chi connectivity index (χ0n) is 19.3. The normalized spacial score (nSPS) is 15.1. The van der Waals surface area contributed by atoms with Crippen molar-refractivity contribution in [2.75, 3.05) is 12.4 Å². The molecule has 2 heteroatoms. The van der Waals surface area contributed by atoms with Crippen LogP contribution in [0.5, 0.6) is 0 Å². The fourth-order valence-corrected chi connectivity index (χ4v) is 5.49. The molecule has 0 bridgehead atoms. The summed E-state index contributed by atoms with van der Waals surface area (Å²) in [7, 11) is 2.16. The number of para-hydroxylation sites is 1. The highest BCUT2D eigenvalue weighted by molar-refractivity contribution is 6.20. The molecule has 6 rings (SSSR count). The number of benzene rings is 5. The van der Waals surface area contributed by atoms with Gasteiger partial charge < -0.3 is 5.32 Å². The first-order chi connectivity index (χ1) is 16.1. The third-order valence-corrected chi connectivity index (χ3v) is 7.19. The van der Waals surface area contributed by atoms with Crippen molar-refractivity contribution in [2.24, 2.45) is 0 Å². The summed E-state index contributed by atoms with van der Waals surface area (Å²) in [5.41, 5.74) is 5.03. The van der Waals surface area contributed by atoms with Crippen LogP contribution in [0.3, 0.4) is 0 Å². The Labute approximate surface area is 194 Å². The summed E-state index contributed by atoms with van der Waals surface area (Å²) < 4.78 is 2.31. The van der Waals surface area contributed by atoms with Gasteiger partial charge in [-0.3, -0.25) is 0 Å². The molecule has 0 unspecified atom stereocenters. The van der Waals surface area contributed by atoms with Crippen molar-refractivity contribution >= 4 is 49.4 Å². The maximum absolute atomic E-state index is 3.63. The van der Waals surface area contributed by atoms with E-state index in [0.717, 1.165) is 5.69 Å². The number of nitrogens with zero attached hydrogens (tertiary/aromatic N) is 1. The molecule has 0 atom stereocenters. The van der Waals surface area contributed by atoms with E-state index < -0.39 is 0 Å². The lowest BCUT2D eigenvalue weighted by Gasteiger charge is -2.15. The van der Waals surface area contributed by atoms with Crippen LogP contribution in [0.15, 0.2) is 103 Å². The molecule has 1 aliphatic heterocycles. The molecule has 33 heavy (non-hydrogen) atoms. The minimum Gasteiger partial charge on any atom is -0.361 e. The van der Waals surface area contributed by atoms with Crippen molar-refractivity contribution in [2.45, 2.75) is 19.3 Å². The smallest absolute Gasteiger partial charge is 0.209 e. The predicted molar refractivity (Wildman–Crippen MR) is 142 cm³/mol. The Hall–Kier alpha value is -3.91. The highest BCUT2D eigenvalue weighted by Gasteiger charge is 2.42. The molecule has 1 aliphatic rings. The Bertz CT molecular complexity index is 1620. The zero-order chi connectivity index (χ0) is 22.6. The van der Waals surface area contributed by atoms with Gasteiger partial charge in [0.05, 0.1) is 5.41 Å². The zero-order valence-corrected chi connectivity index (χ0v) is 19.3. The van der Waals surface area contributed by atoms with Crippen molar-refractivity contribution in [1.82, 2.24) is 0 Å². The van der Waals surface area contributed by atoms with E-state index in [0.29, 0.717) is 0 Å². The van der Waals surface area contributed by atoms with Crippen LogP contribution >= 0.6 is 0 Å². The highest BCUT2D eigenvalue weighted by Crippen LogP contribution is 2.39. The second-order valence-corrected chi connectivity index (χ2v) is 9.42. The number of allylic oxidation sites excluding steroid dienone is 1. The third kappa shape index (κ3) is 2.98. The van der Waals surface area contributed by atoms with Gasteiger partial charge in [0, 0.05) is 35.0 Å². The van der Waals surface area contributed by atoms with Gasteiger partial charge in [-0.2, -0.15) is 4.58 Å². The summed E-state index contributed by atoms with van der Waals surface area (Å²) in [6.45, 7) is 4.60. The lowest BCUT2D eigenvalue weighted by atomic mass is 9.81. The molecule has 1 heterocycles. The molecule has 0 aromatic heterocycles. The number of anilines is 1. The molecule has 0 aliphatic carbocycles. The molecule has 0 fully saturated rings. The number of hydrogen-bond donors (Lipinski definition) is 1. The van der Waals surface area contributed by atoms with E-state index in [1.165, 1.54) is 49.3 Å². The Morgan fingerprint density at radius 3 is 2.18 bits per heavy atom. The average Bonchev–Trinajstić information content (AvgIpc) is 3.04. The molecule has 1 N–H and O–H groups in total. The van der Waals surface area contributed by atoms with Crippen LogP contribution < -0.4 is 5.32 Å². The van der Waals surface area contributed by atoms with Gasteiger partial charge in [0.1, 0.15) is 7.05 Å². The second kappa shape index (κ2) is 7.31. The van der Waals surface area contributed by atoms with Gasteiger partial charge in [0.2, 0.25) is 5.69 Å². The Morgan fingerprint density at radius 2 is 1.36 bits per heavy atom. The summed E-state index contributed by atoms with van der Waals surface area (Å²) in [6, 6.07) is 32.8. The molecule has 5 aromatic rings. The van der Waals surface area contributed by atoms with E-state index >= 15 is 0 Å². The van der Waals surface area contributed by atoms with E-state index in [4.69, 9.17) is 0 Å². The number of nitrogens with one attached hydrogen (secondary N) is 1. The first kappa shape index (κ1) is 19.8. The monoisotopic (exact) mass is 427 g/mol. The number of rotatable bonds is 3. The quantitative estimate of drug-likeness (QED) is 0.229. The van der Waals surface area contributed by atoms with Crippen LogP contribution in [0.4, 0.5) is 11.4 Å². The van der Waals surface area contributed by atoms with Crippen LogP contribution in [0.25, 0.3) is 32.3 Å². The molecule has 0 saturated heterocycles. The first-order valence-electron chi connectivity index (χ1n) is 11.5. The first-order valence-corrected chi connectivity index (χ1v) is 11.5. The van der Waals surface area contributed by atoms with Gasteiger partial charge in [-0.1, -0.05) is 78.9 Å². The molecule has 0 amide bonds. The summed E-state index contributed by atoms with van der Waals surface area (Å²) in [4.78, 5) is 0. The lowest BCUT2D eigenvalue weighted by Crippen LogP contribution is -2.26. The Morgan fingerprint density at radius 1 is 0.697 bits per heavy atom. The van der Waals surface area contributed by atoms with E-state index in [1.807, 2.05) is 0 Å². The SMILES string of the molecule is C[N+]1=C(C=CNc2cc3c4ccccc4ccc3c3ccccc23)C(C)(C)c2ccccc21. The predicted octanol–water partition coefficient (Wildman–Crippen LogP) is 7.78. The average molecular weight is 428 g/mol. The maximum atomic E-state index is 3.63. The van der Waals surface area contributed by atoms with Crippen molar-refractivity contribution in [3.8, 4) is 0 Å². The molecule has 0 radical (unpaired) electrons. The van der Waals surface area contributed by atoms with Gasteiger partial charge >= 0.3 is 0 Å². The molecule has 5 aromatic carbocycles. The van der Waals surface area contributed by atoms with Gasteiger partial charge in [-0.25, -0.2) is 0 Å². The fourth-order valence-electron chi connectivity index (χ4n) is 5.49. The largest absolute Gasteiger partial charge is 0.361 e. The minimum absolute atomic E-state index is 0.0365. The number of hydrogen-bond acceptors (Lipinski definition) is 1. The molecular weight excluding hydrogens is 400 g/mol. The summed E-state index contributed by atoms with van der Waals surface area (Å²) in [5, 5.41) is 11.3. The third-order valence-electron chi connectivity index (χ3n) is 7.19. The lowest BCUT2D eigenvalue weighted by molar-refractivity contribution is -0.401. The van der Waals surface area contributed by atoms with Gasteiger partial charge in [0.15, 0.2) is 5.71 Å². The fraction of sp³-hybridized carbons (Fsp3) is 0.129. The van der Waals surface area contributed by atoms with Crippen LogP contribution in [0.2, 0.25) is 0 Å². The van der Waals surface area contributed by atoms with Crippen LogP contribution in [-0.2, 0) is 5.41 Å². The highest BCUT2D eigenvalue weighted by atomic mass is 15.0. The van der Waals surface area contributed by atoms with Crippen LogP contribution in [-0.4, -0.2) is 17.3 Å². The molecule has 0 spiro atoms. The molecule has 2 nitrogen and oxygen atoms in total. The Kier molecular flexibility index (Phi) is 4.38. The van der Waals surface area contributed by atoms with Gasteiger partial charge in [-0.05, 0) is 46.8 Å². The van der Waals surface area contributed by atoms with E-state index in [-0.39, 0.29) is 5.41 Å². The van der Waals surface area contributed by atoms with Gasteiger partial charge in [-0.15, -0.1) is 0 Å². The summed E-state index contributed by atoms with van der Waals surface area (Å²) in [5.74, 6) is 0. The van der Waals surface area contributed by atoms with Crippen molar-refractivity contribution in [1.29, 1.82) is 0 Å². The van der Waals surface area contributed by atoms with Crippen LogP contribution in [0, 0.1) is 0 Å². The second-order valence-electron chi connectivity index (χ2n) is 9.42. The molecule has 160 valence electrons. The van der Waals surface area contributed by atoms with Gasteiger partial charge in [0.25, 0.3) is 0 Å². The van der Waals surface area contributed by atoms with E-state index in [1.54, 1.807) is 0 Å².